The first-order valence-corrected chi connectivity index (χ1v) is 14.1. The normalized spacial score (nSPS) is 16.3. The Labute approximate surface area is 197 Å². The van der Waals surface area contributed by atoms with Crippen molar-refractivity contribution in [2.24, 2.45) is 0 Å². The van der Waals surface area contributed by atoms with Crippen molar-refractivity contribution >= 4 is 50.1 Å². The molecule has 1 saturated heterocycles. The summed E-state index contributed by atoms with van der Waals surface area (Å²) in [5.74, 6) is -0.0496. The molecule has 0 bridgehead atoms. The van der Waals surface area contributed by atoms with Gasteiger partial charge in [0.25, 0.3) is 0 Å². The Kier molecular flexibility index (Phi) is 7.24. The Morgan fingerprint density at radius 2 is 2.03 bits per heavy atom. The number of sulfonamides is 1. The maximum Gasteiger partial charge on any atom is 0.243 e. The maximum absolute atomic E-state index is 13.1. The molecule has 2 aromatic heterocycles. The summed E-state index contributed by atoms with van der Waals surface area (Å²) in [6, 6.07) is 9.12. The van der Waals surface area contributed by atoms with E-state index in [1.54, 1.807) is 27.8 Å². The number of imidazole rings is 1. The summed E-state index contributed by atoms with van der Waals surface area (Å²) in [5.41, 5.74) is 1.51. The Hall–Kier alpha value is -1.88. The molecular formula is C22H28N4O3S3. The van der Waals surface area contributed by atoms with Gasteiger partial charge in [-0.2, -0.15) is 4.31 Å². The average Bonchev–Trinajstić information content (AvgIpc) is 3.44. The number of amides is 1. The van der Waals surface area contributed by atoms with Crippen LogP contribution in [0.15, 0.2) is 45.8 Å². The third kappa shape index (κ3) is 4.88. The number of benzene rings is 1. The van der Waals surface area contributed by atoms with E-state index in [0.29, 0.717) is 36.9 Å². The van der Waals surface area contributed by atoms with Crippen LogP contribution in [-0.2, 0) is 27.9 Å². The van der Waals surface area contributed by atoms with E-state index < -0.39 is 10.0 Å². The second kappa shape index (κ2) is 9.94. The highest BCUT2D eigenvalue weighted by atomic mass is 32.2. The third-order valence-corrected chi connectivity index (χ3v) is 9.48. The van der Waals surface area contributed by atoms with E-state index in [2.05, 4.69) is 5.32 Å². The predicted octanol–water partition coefficient (Wildman–Crippen LogP) is 4.09. The fraction of sp³-hybridized carbons (Fsp3) is 0.455. The molecule has 32 heavy (non-hydrogen) atoms. The van der Waals surface area contributed by atoms with Crippen LogP contribution in [0.25, 0.3) is 11.0 Å². The van der Waals surface area contributed by atoms with E-state index in [-0.39, 0.29) is 16.1 Å². The molecule has 1 aliphatic rings. The van der Waals surface area contributed by atoms with Crippen LogP contribution in [0, 0.1) is 0 Å². The van der Waals surface area contributed by atoms with Gasteiger partial charge in [0.05, 0.1) is 27.7 Å². The molecule has 0 spiro atoms. The Morgan fingerprint density at radius 1 is 1.25 bits per heavy atom. The van der Waals surface area contributed by atoms with Gasteiger partial charge in [0.2, 0.25) is 15.9 Å². The highest BCUT2D eigenvalue weighted by molar-refractivity contribution is 8.00. The lowest BCUT2D eigenvalue weighted by Crippen LogP contribution is -2.35. The number of nitrogens with zero attached hydrogens (tertiary/aromatic N) is 3. The van der Waals surface area contributed by atoms with Crippen LogP contribution < -0.4 is 5.32 Å². The molecule has 1 aromatic carbocycles. The van der Waals surface area contributed by atoms with E-state index in [9.17, 15) is 13.2 Å². The van der Waals surface area contributed by atoms with Crippen LogP contribution in [-0.4, -0.2) is 46.5 Å². The minimum atomic E-state index is -3.52. The van der Waals surface area contributed by atoms with Gasteiger partial charge in [0, 0.05) is 24.5 Å². The molecule has 0 radical (unpaired) electrons. The molecule has 0 aliphatic carbocycles. The molecule has 1 aliphatic heterocycles. The van der Waals surface area contributed by atoms with E-state index in [1.807, 2.05) is 42.0 Å². The van der Waals surface area contributed by atoms with Crippen LogP contribution in [0.1, 0.15) is 38.0 Å². The lowest BCUT2D eigenvalue weighted by molar-refractivity contribution is -0.120. The molecule has 10 heteroatoms. The van der Waals surface area contributed by atoms with Gasteiger partial charge in [-0.3, -0.25) is 4.79 Å². The highest BCUT2D eigenvalue weighted by Crippen LogP contribution is 2.30. The number of thiophene rings is 1. The number of thioether (sulfide) groups is 1. The van der Waals surface area contributed by atoms with Crippen LogP contribution in [0.2, 0.25) is 0 Å². The molecular weight excluding hydrogens is 464 g/mol. The lowest BCUT2D eigenvalue weighted by atomic mass is 10.2. The minimum Gasteiger partial charge on any atom is -0.350 e. The molecule has 3 heterocycles. The van der Waals surface area contributed by atoms with Gasteiger partial charge in [-0.1, -0.05) is 24.2 Å². The third-order valence-electron chi connectivity index (χ3n) is 5.62. The Morgan fingerprint density at radius 3 is 2.72 bits per heavy atom. The molecule has 0 saturated carbocycles. The van der Waals surface area contributed by atoms with Gasteiger partial charge < -0.3 is 9.88 Å². The number of carbonyl (C=O) groups is 1. The van der Waals surface area contributed by atoms with Crippen molar-refractivity contribution < 1.29 is 13.2 Å². The monoisotopic (exact) mass is 492 g/mol. The lowest BCUT2D eigenvalue weighted by Gasteiger charge is -2.25. The average molecular weight is 493 g/mol. The van der Waals surface area contributed by atoms with Crippen molar-refractivity contribution in [1.82, 2.24) is 19.2 Å². The van der Waals surface area contributed by atoms with Crippen molar-refractivity contribution in [2.45, 2.75) is 61.5 Å². The summed E-state index contributed by atoms with van der Waals surface area (Å²) in [5, 5.41) is 5.35. The zero-order valence-corrected chi connectivity index (χ0v) is 20.7. The topological polar surface area (TPSA) is 84.3 Å². The summed E-state index contributed by atoms with van der Waals surface area (Å²) >= 11 is 3.00. The van der Waals surface area contributed by atoms with Crippen LogP contribution in [0.4, 0.5) is 0 Å². The molecule has 3 aromatic rings. The fourth-order valence-corrected chi connectivity index (χ4v) is 7.04. The number of nitrogens with one attached hydrogen (secondary N) is 1. The summed E-state index contributed by atoms with van der Waals surface area (Å²) in [6.07, 6.45) is 2.88. The van der Waals surface area contributed by atoms with Gasteiger partial charge in [-0.25, -0.2) is 13.4 Å². The number of aromatic nitrogens is 2. The molecule has 1 fully saturated rings. The van der Waals surface area contributed by atoms with E-state index >= 15 is 0 Å². The van der Waals surface area contributed by atoms with Crippen LogP contribution in [0.3, 0.4) is 0 Å². The SMILES string of the molecule is CCn1c(SC(C)C(=O)NCc2cccs2)nc2cc(S(=O)(=O)N3CCCCC3)ccc21. The van der Waals surface area contributed by atoms with Crippen molar-refractivity contribution in [3.05, 3.63) is 40.6 Å². The molecule has 7 nitrogen and oxygen atoms in total. The maximum atomic E-state index is 13.1. The Balaban J connectivity index is 1.53. The van der Waals surface area contributed by atoms with Crippen molar-refractivity contribution in [3.8, 4) is 0 Å². The van der Waals surface area contributed by atoms with E-state index in [4.69, 9.17) is 4.98 Å². The van der Waals surface area contributed by atoms with Crippen molar-refractivity contribution in [1.29, 1.82) is 0 Å². The van der Waals surface area contributed by atoms with Gasteiger partial charge >= 0.3 is 0 Å². The molecule has 172 valence electrons. The number of hydrogen-bond donors (Lipinski definition) is 1. The number of carbonyl (C=O) groups excluding carboxylic acids is 1. The zero-order valence-electron chi connectivity index (χ0n) is 18.3. The van der Waals surface area contributed by atoms with Crippen LogP contribution >= 0.6 is 23.1 Å². The largest absolute Gasteiger partial charge is 0.350 e. The number of fused-ring (bicyclic) bond motifs is 1. The Bertz CT molecular complexity index is 1180. The van der Waals surface area contributed by atoms with Gasteiger partial charge in [0.1, 0.15) is 0 Å². The second-order valence-electron chi connectivity index (χ2n) is 7.81. The first-order chi connectivity index (χ1) is 15.4. The number of hydrogen-bond acceptors (Lipinski definition) is 6. The molecule has 1 atom stereocenters. The number of aryl methyl sites for hydroxylation is 1. The standard InChI is InChI=1S/C22H28N4O3S3/c1-3-26-20-10-9-18(32(28,29)25-11-5-4-6-12-25)14-19(20)24-22(26)31-16(2)21(27)23-15-17-8-7-13-30-17/h7-10,13-14,16H,3-6,11-12,15H2,1-2H3,(H,23,27). The van der Waals surface area contributed by atoms with E-state index in [0.717, 1.165) is 29.7 Å². The first-order valence-electron chi connectivity index (χ1n) is 10.9. The van der Waals surface area contributed by atoms with Crippen molar-refractivity contribution in [3.63, 3.8) is 0 Å². The first kappa shape index (κ1) is 23.3. The summed E-state index contributed by atoms with van der Waals surface area (Å²) in [4.78, 5) is 18.7. The minimum absolute atomic E-state index is 0.0496. The fourth-order valence-electron chi connectivity index (χ4n) is 3.84. The summed E-state index contributed by atoms with van der Waals surface area (Å²) in [6.45, 7) is 6.22. The number of rotatable bonds is 8. The number of piperidine rings is 1. The van der Waals surface area contributed by atoms with Crippen LogP contribution in [0.5, 0.6) is 0 Å². The summed E-state index contributed by atoms with van der Waals surface area (Å²) < 4.78 is 29.7. The zero-order chi connectivity index (χ0) is 22.7. The molecule has 1 unspecified atom stereocenters. The second-order valence-corrected chi connectivity index (χ2v) is 12.1. The van der Waals surface area contributed by atoms with Gasteiger partial charge in [-0.05, 0) is 56.3 Å². The molecule has 1 N–H and O–H groups in total. The highest BCUT2D eigenvalue weighted by Gasteiger charge is 2.27. The summed E-state index contributed by atoms with van der Waals surface area (Å²) in [7, 11) is -3.52. The van der Waals surface area contributed by atoms with Gasteiger partial charge in [0.15, 0.2) is 5.16 Å². The van der Waals surface area contributed by atoms with E-state index in [1.165, 1.54) is 11.8 Å². The predicted molar refractivity (Wildman–Crippen MR) is 130 cm³/mol. The van der Waals surface area contributed by atoms with Gasteiger partial charge in [-0.15, -0.1) is 11.3 Å². The smallest absolute Gasteiger partial charge is 0.243 e. The molecule has 1 amide bonds. The van der Waals surface area contributed by atoms with Crippen molar-refractivity contribution in [2.75, 3.05) is 13.1 Å². The molecule has 4 rings (SSSR count). The quantitative estimate of drug-likeness (QED) is 0.479.